The van der Waals surface area contributed by atoms with Crippen LogP contribution in [0.5, 0.6) is 0 Å². The fraction of sp³-hybridized carbons (Fsp3) is 0.583. The summed E-state index contributed by atoms with van der Waals surface area (Å²) in [6.45, 7) is 6.45. The van der Waals surface area contributed by atoms with E-state index < -0.39 is 0 Å². The molecular weight excluding hydrogens is 222 g/mol. The SMILES string of the molecule is Cc1cc(C(=O)N(C)CC2(C)COC2)cs1. The number of carbonyl (C=O) groups excluding carboxylic acids is 1. The average Bonchev–Trinajstić information content (AvgIpc) is 2.61. The summed E-state index contributed by atoms with van der Waals surface area (Å²) in [5.74, 6) is 0.109. The molecule has 1 aliphatic heterocycles. The lowest BCUT2D eigenvalue weighted by Crippen LogP contribution is -2.49. The van der Waals surface area contributed by atoms with Gasteiger partial charge in [-0.3, -0.25) is 4.79 Å². The van der Waals surface area contributed by atoms with Crippen LogP contribution in [-0.4, -0.2) is 37.6 Å². The Balaban J connectivity index is 1.99. The molecule has 4 heteroatoms. The van der Waals surface area contributed by atoms with E-state index in [0.29, 0.717) is 0 Å². The van der Waals surface area contributed by atoms with Crippen molar-refractivity contribution in [1.29, 1.82) is 0 Å². The molecule has 88 valence electrons. The summed E-state index contributed by atoms with van der Waals surface area (Å²) in [6.07, 6.45) is 0. The molecule has 0 bridgehead atoms. The molecule has 3 nitrogen and oxygen atoms in total. The molecule has 1 aromatic rings. The van der Waals surface area contributed by atoms with Crippen LogP contribution in [0.1, 0.15) is 22.2 Å². The Hall–Kier alpha value is -0.870. The number of ether oxygens (including phenoxy) is 1. The highest BCUT2D eigenvalue weighted by Gasteiger charge is 2.35. The second kappa shape index (κ2) is 4.18. The molecule has 1 aromatic heterocycles. The molecule has 2 rings (SSSR count). The molecule has 0 spiro atoms. The number of hydrogen-bond acceptors (Lipinski definition) is 3. The van der Waals surface area contributed by atoms with Crippen molar-refractivity contribution in [3.8, 4) is 0 Å². The number of nitrogens with zero attached hydrogens (tertiary/aromatic N) is 1. The lowest BCUT2D eigenvalue weighted by atomic mass is 9.88. The van der Waals surface area contributed by atoms with E-state index in [1.165, 1.54) is 4.88 Å². The smallest absolute Gasteiger partial charge is 0.254 e. The number of hydrogen-bond donors (Lipinski definition) is 0. The summed E-state index contributed by atoms with van der Waals surface area (Å²) in [5, 5.41) is 1.92. The maximum atomic E-state index is 12.1. The molecule has 1 aliphatic rings. The zero-order chi connectivity index (χ0) is 11.8. The van der Waals surface area contributed by atoms with Crippen molar-refractivity contribution in [3.05, 3.63) is 21.9 Å². The monoisotopic (exact) mass is 239 g/mol. The lowest BCUT2D eigenvalue weighted by molar-refractivity contribution is -0.109. The molecule has 16 heavy (non-hydrogen) atoms. The maximum absolute atomic E-state index is 12.1. The van der Waals surface area contributed by atoms with E-state index in [1.807, 2.05) is 25.4 Å². The van der Waals surface area contributed by atoms with Crippen LogP contribution in [0.15, 0.2) is 11.4 Å². The van der Waals surface area contributed by atoms with E-state index in [9.17, 15) is 4.79 Å². The highest BCUT2D eigenvalue weighted by Crippen LogP contribution is 2.27. The van der Waals surface area contributed by atoms with Crippen molar-refractivity contribution in [2.45, 2.75) is 13.8 Å². The van der Waals surface area contributed by atoms with Crippen molar-refractivity contribution >= 4 is 17.2 Å². The number of rotatable bonds is 3. The Labute approximate surface area is 100 Å². The van der Waals surface area contributed by atoms with Gasteiger partial charge in [0.05, 0.1) is 18.8 Å². The minimum atomic E-state index is 0.109. The van der Waals surface area contributed by atoms with Gasteiger partial charge in [0.2, 0.25) is 0 Å². The van der Waals surface area contributed by atoms with Crippen LogP contribution < -0.4 is 0 Å². The molecule has 1 amide bonds. The van der Waals surface area contributed by atoms with Gasteiger partial charge in [-0.2, -0.15) is 0 Å². The van der Waals surface area contributed by atoms with Crippen molar-refractivity contribution in [2.75, 3.05) is 26.8 Å². The topological polar surface area (TPSA) is 29.5 Å². The predicted octanol–water partition coefficient (Wildman–Crippen LogP) is 2.17. The summed E-state index contributed by atoms with van der Waals surface area (Å²) in [5.41, 5.74) is 0.948. The molecule has 1 fully saturated rings. The number of thiophene rings is 1. The van der Waals surface area contributed by atoms with Gasteiger partial charge < -0.3 is 9.64 Å². The maximum Gasteiger partial charge on any atom is 0.254 e. The standard InChI is InChI=1S/C12H17NO2S/c1-9-4-10(5-16-9)11(14)13(3)6-12(2)7-15-8-12/h4-5H,6-8H2,1-3H3. The summed E-state index contributed by atoms with van der Waals surface area (Å²) < 4.78 is 5.19. The van der Waals surface area contributed by atoms with Crippen LogP contribution in [0.3, 0.4) is 0 Å². The Kier molecular flexibility index (Phi) is 3.04. The summed E-state index contributed by atoms with van der Waals surface area (Å²) in [7, 11) is 1.86. The van der Waals surface area contributed by atoms with Crippen LogP contribution in [0.2, 0.25) is 0 Å². The zero-order valence-corrected chi connectivity index (χ0v) is 10.8. The van der Waals surface area contributed by atoms with E-state index in [2.05, 4.69) is 6.92 Å². The summed E-state index contributed by atoms with van der Waals surface area (Å²) >= 11 is 1.62. The highest BCUT2D eigenvalue weighted by atomic mass is 32.1. The van der Waals surface area contributed by atoms with Gasteiger partial charge in [0, 0.05) is 29.3 Å². The van der Waals surface area contributed by atoms with E-state index in [-0.39, 0.29) is 11.3 Å². The molecule has 0 saturated carbocycles. The van der Waals surface area contributed by atoms with Crippen LogP contribution in [0.4, 0.5) is 0 Å². The third kappa shape index (κ3) is 2.28. The van der Waals surface area contributed by atoms with Gasteiger partial charge in [-0.25, -0.2) is 0 Å². The van der Waals surface area contributed by atoms with Gasteiger partial charge in [-0.1, -0.05) is 6.92 Å². The fourth-order valence-electron chi connectivity index (χ4n) is 1.96. The minimum Gasteiger partial charge on any atom is -0.380 e. The molecule has 1 saturated heterocycles. The van der Waals surface area contributed by atoms with Crippen LogP contribution in [-0.2, 0) is 4.74 Å². The lowest BCUT2D eigenvalue weighted by Gasteiger charge is -2.40. The number of amides is 1. The number of aryl methyl sites for hydroxylation is 1. The van der Waals surface area contributed by atoms with Crippen molar-refractivity contribution < 1.29 is 9.53 Å². The molecule has 0 radical (unpaired) electrons. The van der Waals surface area contributed by atoms with Gasteiger partial charge in [-0.15, -0.1) is 11.3 Å². The van der Waals surface area contributed by atoms with E-state index in [0.717, 1.165) is 25.3 Å². The Morgan fingerprint density at radius 3 is 2.75 bits per heavy atom. The Bertz CT molecular complexity index is 395. The second-order valence-corrected chi connectivity index (χ2v) is 6.03. The van der Waals surface area contributed by atoms with Crippen molar-refractivity contribution in [1.82, 2.24) is 4.90 Å². The third-order valence-electron chi connectivity index (χ3n) is 2.84. The molecule has 0 N–H and O–H groups in total. The van der Waals surface area contributed by atoms with Crippen LogP contribution in [0.25, 0.3) is 0 Å². The van der Waals surface area contributed by atoms with Crippen LogP contribution in [0, 0.1) is 12.3 Å². The molecule has 0 aliphatic carbocycles. The quantitative estimate of drug-likeness (QED) is 0.809. The average molecular weight is 239 g/mol. The van der Waals surface area contributed by atoms with Crippen molar-refractivity contribution in [3.63, 3.8) is 0 Å². The first kappa shape index (κ1) is 11.6. The molecular formula is C12H17NO2S. The largest absolute Gasteiger partial charge is 0.380 e. The van der Waals surface area contributed by atoms with Gasteiger partial charge in [-0.05, 0) is 13.0 Å². The normalized spacial score (nSPS) is 17.9. The van der Waals surface area contributed by atoms with Crippen molar-refractivity contribution in [2.24, 2.45) is 5.41 Å². The van der Waals surface area contributed by atoms with E-state index in [4.69, 9.17) is 4.74 Å². The Morgan fingerprint density at radius 1 is 1.62 bits per heavy atom. The molecule has 2 heterocycles. The van der Waals surface area contributed by atoms with Gasteiger partial charge in [0.15, 0.2) is 0 Å². The van der Waals surface area contributed by atoms with Gasteiger partial charge >= 0.3 is 0 Å². The third-order valence-corrected chi connectivity index (χ3v) is 3.71. The highest BCUT2D eigenvalue weighted by molar-refractivity contribution is 7.10. The second-order valence-electron chi connectivity index (χ2n) is 4.91. The first-order valence-corrected chi connectivity index (χ1v) is 6.26. The van der Waals surface area contributed by atoms with Gasteiger partial charge in [0.1, 0.15) is 0 Å². The first-order valence-electron chi connectivity index (χ1n) is 5.39. The first-order chi connectivity index (χ1) is 7.50. The number of carbonyl (C=O) groups is 1. The van der Waals surface area contributed by atoms with Crippen LogP contribution >= 0.6 is 11.3 Å². The minimum absolute atomic E-state index is 0.109. The van der Waals surface area contributed by atoms with E-state index >= 15 is 0 Å². The van der Waals surface area contributed by atoms with Gasteiger partial charge in [0.25, 0.3) is 5.91 Å². The zero-order valence-electron chi connectivity index (χ0n) is 9.95. The summed E-state index contributed by atoms with van der Waals surface area (Å²) in [4.78, 5) is 15.0. The van der Waals surface area contributed by atoms with E-state index in [1.54, 1.807) is 16.2 Å². The fourth-order valence-corrected chi connectivity index (χ4v) is 2.64. The molecule has 0 atom stereocenters. The Morgan fingerprint density at radius 2 is 2.31 bits per heavy atom. The predicted molar refractivity (Wildman–Crippen MR) is 64.9 cm³/mol. The molecule has 0 aromatic carbocycles. The summed E-state index contributed by atoms with van der Waals surface area (Å²) in [6, 6.07) is 1.95. The molecule has 0 unspecified atom stereocenters.